The minimum absolute atomic E-state index is 0.380. The summed E-state index contributed by atoms with van der Waals surface area (Å²) in [5, 5.41) is 1.12. The van der Waals surface area contributed by atoms with Crippen molar-refractivity contribution >= 4 is 22.6 Å². The van der Waals surface area contributed by atoms with Crippen molar-refractivity contribution in [3.05, 3.63) is 30.1 Å². The molecule has 0 aromatic carbocycles. The van der Waals surface area contributed by atoms with Gasteiger partial charge in [0, 0.05) is 30.9 Å². The maximum absolute atomic E-state index is 13.3. The normalized spacial score (nSPS) is 26.6. The molecule has 0 bridgehead atoms. The van der Waals surface area contributed by atoms with E-state index in [1.807, 2.05) is 17.2 Å². The van der Waals surface area contributed by atoms with Crippen LogP contribution < -0.4 is 0 Å². The van der Waals surface area contributed by atoms with Gasteiger partial charge >= 0.3 is 0 Å². The van der Waals surface area contributed by atoms with E-state index in [4.69, 9.17) is 16.3 Å². The van der Waals surface area contributed by atoms with Gasteiger partial charge in [-0.3, -0.25) is 4.90 Å². The van der Waals surface area contributed by atoms with Crippen LogP contribution in [0.15, 0.2) is 24.5 Å². The van der Waals surface area contributed by atoms with Gasteiger partial charge in [0.1, 0.15) is 17.3 Å². The third kappa shape index (κ3) is 2.23. The van der Waals surface area contributed by atoms with Gasteiger partial charge in [-0.15, -0.1) is 0 Å². The highest BCUT2D eigenvalue weighted by Gasteiger charge is 2.39. The molecule has 2 aromatic rings. The van der Waals surface area contributed by atoms with E-state index in [0.717, 1.165) is 42.8 Å². The first-order valence-electron chi connectivity index (χ1n) is 7.73. The number of hydrogen-bond acceptors (Lipinski definition) is 3. The highest BCUT2D eigenvalue weighted by Crippen LogP contribution is 2.36. The second kappa shape index (κ2) is 5.48. The Kier molecular flexibility index (Phi) is 3.59. The van der Waals surface area contributed by atoms with E-state index in [2.05, 4.69) is 21.8 Å². The number of ether oxygens (including phenoxy) is 1. The maximum atomic E-state index is 13.3. The topological polar surface area (TPSA) is 30.3 Å². The number of nitrogens with zero attached hydrogens (tertiary/aromatic N) is 3. The highest BCUT2D eigenvalue weighted by atomic mass is 35.5. The number of rotatable bonds is 4. The van der Waals surface area contributed by atoms with Crippen LogP contribution in [-0.2, 0) is 11.3 Å². The molecule has 1 unspecified atom stereocenters. The standard InChI is InChI=1S/C16H19ClFN3O/c17-16(11-18)4-1-6-20(16)8-12-2-5-19-15-14(12)3-7-21(15)13-9-22-10-13/h2-3,5,7,13H,1,4,6,8-11H2. The second-order valence-electron chi connectivity index (χ2n) is 6.20. The van der Waals surface area contributed by atoms with E-state index in [1.165, 1.54) is 0 Å². The maximum Gasteiger partial charge on any atom is 0.140 e. The van der Waals surface area contributed by atoms with Gasteiger partial charge in [0.15, 0.2) is 0 Å². The first-order valence-corrected chi connectivity index (χ1v) is 8.11. The summed E-state index contributed by atoms with van der Waals surface area (Å²) in [6, 6.07) is 4.49. The minimum Gasteiger partial charge on any atom is -0.377 e. The molecule has 0 radical (unpaired) electrons. The van der Waals surface area contributed by atoms with E-state index < -0.39 is 11.7 Å². The quantitative estimate of drug-likeness (QED) is 0.640. The van der Waals surface area contributed by atoms with Gasteiger partial charge < -0.3 is 9.30 Å². The predicted octanol–water partition coefficient (Wildman–Crippen LogP) is 3.11. The van der Waals surface area contributed by atoms with Crippen LogP contribution >= 0.6 is 11.6 Å². The zero-order chi connectivity index (χ0) is 15.2. The summed E-state index contributed by atoms with van der Waals surface area (Å²) in [4.78, 5) is 5.73. The van der Waals surface area contributed by atoms with Gasteiger partial charge in [-0.2, -0.15) is 0 Å². The number of aromatic nitrogens is 2. The molecule has 0 aliphatic carbocycles. The van der Waals surface area contributed by atoms with E-state index in [1.54, 1.807) is 0 Å². The molecule has 22 heavy (non-hydrogen) atoms. The Hall–Kier alpha value is -1.17. The van der Waals surface area contributed by atoms with Gasteiger partial charge in [0.2, 0.25) is 0 Å². The van der Waals surface area contributed by atoms with Crippen LogP contribution in [0.5, 0.6) is 0 Å². The molecule has 4 heterocycles. The van der Waals surface area contributed by atoms with Gasteiger partial charge in [-0.05, 0) is 30.5 Å². The van der Waals surface area contributed by atoms with Crippen molar-refractivity contribution in [2.45, 2.75) is 30.4 Å². The Morgan fingerprint density at radius 2 is 2.27 bits per heavy atom. The van der Waals surface area contributed by atoms with Gasteiger partial charge in [0.05, 0.1) is 19.3 Å². The lowest BCUT2D eigenvalue weighted by Gasteiger charge is -2.30. The number of hydrogen-bond donors (Lipinski definition) is 0. The number of fused-ring (bicyclic) bond motifs is 1. The molecule has 2 aliphatic rings. The monoisotopic (exact) mass is 323 g/mol. The van der Waals surface area contributed by atoms with Crippen LogP contribution in [0.1, 0.15) is 24.4 Å². The Labute approximate surface area is 133 Å². The molecule has 6 heteroatoms. The van der Waals surface area contributed by atoms with Crippen LogP contribution in [0.4, 0.5) is 4.39 Å². The summed E-state index contributed by atoms with van der Waals surface area (Å²) in [6.45, 7) is 2.48. The molecular weight excluding hydrogens is 305 g/mol. The first kappa shape index (κ1) is 14.4. The van der Waals surface area contributed by atoms with E-state index in [-0.39, 0.29) is 0 Å². The van der Waals surface area contributed by atoms with Gasteiger partial charge in [-0.25, -0.2) is 9.37 Å². The Bertz CT molecular complexity index is 687. The average molecular weight is 324 g/mol. The van der Waals surface area contributed by atoms with Crippen molar-refractivity contribution in [1.29, 1.82) is 0 Å². The molecule has 0 saturated carbocycles. The highest BCUT2D eigenvalue weighted by molar-refractivity contribution is 6.23. The first-order chi connectivity index (χ1) is 10.7. The minimum atomic E-state index is -0.833. The van der Waals surface area contributed by atoms with Crippen molar-refractivity contribution < 1.29 is 9.13 Å². The predicted molar refractivity (Wildman–Crippen MR) is 83.8 cm³/mol. The fourth-order valence-electron chi connectivity index (χ4n) is 3.41. The van der Waals surface area contributed by atoms with Gasteiger partial charge in [0.25, 0.3) is 0 Å². The fourth-order valence-corrected chi connectivity index (χ4v) is 3.68. The van der Waals surface area contributed by atoms with Crippen LogP contribution in [0.3, 0.4) is 0 Å². The summed E-state index contributed by atoms with van der Waals surface area (Å²) >= 11 is 6.42. The number of halogens is 2. The number of alkyl halides is 2. The van der Waals surface area contributed by atoms with Crippen LogP contribution in [0.2, 0.25) is 0 Å². The third-order valence-corrected chi connectivity index (χ3v) is 5.37. The van der Waals surface area contributed by atoms with Crippen LogP contribution in [0, 0.1) is 0 Å². The molecular formula is C16H19ClFN3O. The molecule has 2 saturated heterocycles. The molecule has 0 spiro atoms. The van der Waals surface area contributed by atoms with E-state index in [0.29, 0.717) is 19.0 Å². The zero-order valence-corrected chi connectivity index (χ0v) is 13.1. The van der Waals surface area contributed by atoms with E-state index >= 15 is 0 Å². The molecule has 2 aromatic heterocycles. The van der Waals surface area contributed by atoms with Crippen LogP contribution in [0.25, 0.3) is 11.0 Å². The molecule has 2 fully saturated rings. The largest absolute Gasteiger partial charge is 0.377 e. The smallest absolute Gasteiger partial charge is 0.140 e. The van der Waals surface area contributed by atoms with E-state index in [9.17, 15) is 4.39 Å². The van der Waals surface area contributed by atoms with Gasteiger partial charge in [-0.1, -0.05) is 11.6 Å². The van der Waals surface area contributed by atoms with Crippen molar-refractivity contribution in [1.82, 2.24) is 14.5 Å². The number of likely N-dealkylation sites (tertiary alicyclic amines) is 1. The molecule has 0 N–H and O–H groups in total. The lowest BCUT2D eigenvalue weighted by Crippen LogP contribution is -2.40. The molecule has 4 nitrogen and oxygen atoms in total. The molecule has 2 aliphatic heterocycles. The second-order valence-corrected chi connectivity index (χ2v) is 6.90. The summed E-state index contributed by atoms with van der Waals surface area (Å²) < 4.78 is 20.8. The number of pyridine rings is 1. The van der Waals surface area contributed by atoms with Crippen LogP contribution in [-0.4, -0.2) is 45.9 Å². The summed E-state index contributed by atoms with van der Waals surface area (Å²) in [6.07, 6.45) is 5.55. The average Bonchev–Trinajstić information content (AvgIpc) is 3.04. The molecule has 1 atom stereocenters. The SMILES string of the molecule is FCC1(Cl)CCCN1Cc1ccnc2c1ccn2C1COC1. The Morgan fingerprint density at radius 3 is 3.00 bits per heavy atom. The third-order valence-electron chi connectivity index (χ3n) is 4.84. The fraction of sp³-hybridized carbons (Fsp3) is 0.562. The lowest BCUT2D eigenvalue weighted by molar-refractivity contribution is -0.0216. The molecule has 4 rings (SSSR count). The summed E-state index contributed by atoms with van der Waals surface area (Å²) in [7, 11) is 0. The van der Waals surface area contributed by atoms with Crippen molar-refractivity contribution in [3.63, 3.8) is 0 Å². The summed E-state index contributed by atoms with van der Waals surface area (Å²) in [5.74, 6) is 0. The van der Waals surface area contributed by atoms with Crippen molar-refractivity contribution in [2.75, 3.05) is 26.4 Å². The molecule has 0 amide bonds. The van der Waals surface area contributed by atoms with Crippen molar-refractivity contribution in [3.8, 4) is 0 Å². The lowest BCUT2D eigenvalue weighted by atomic mass is 10.1. The molecule has 118 valence electrons. The Morgan fingerprint density at radius 1 is 1.41 bits per heavy atom. The zero-order valence-electron chi connectivity index (χ0n) is 12.3. The summed E-state index contributed by atoms with van der Waals surface area (Å²) in [5.41, 5.74) is 2.13. The van der Waals surface area contributed by atoms with Crippen molar-refractivity contribution in [2.24, 2.45) is 0 Å². The Balaban J connectivity index is 1.66.